The molecular weight excluding hydrogens is 430 g/mol. The van der Waals surface area contributed by atoms with Crippen LogP contribution in [0.5, 0.6) is 11.5 Å². The Bertz CT molecular complexity index is 1070. The number of nitriles is 1. The Labute approximate surface area is 188 Å². The van der Waals surface area contributed by atoms with Crippen LogP contribution < -0.4 is 14.8 Å². The van der Waals surface area contributed by atoms with Gasteiger partial charge in [-0.1, -0.05) is 25.0 Å². The highest BCUT2D eigenvalue weighted by atomic mass is 32.2. The van der Waals surface area contributed by atoms with Gasteiger partial charge in [-0.05, 0) is 48.7 Å². The Kier molecular flexibility index (Phi) is 8.09. The van der Waals surface area contributed by atoms with Crippen LogP contribution in [0, 0.1) is 11.3 Å². The molecule has 170 valence electrons. The SMILES string of the molecule is COc1ccc(S(=O)(=O)N2CCCCCC2)cc1NC(=O)COc1ccc(CC#N)cc1. The molecule has 0 aliphatic carbocycles. The summed E-state index contributed by atoms with van der Waals surface area (Å²) in [4.78, 5) is 12.6. The molecule has 2 aromatic carbocycles. The minimum Gasteiger partial charge on any atom is -0.495 e. The molecule has 0 saturated carbocycles. The van der Waals surface area contributed by atoms with Crippen molar-refractivity contribution >= 4 is 21.6 Å². The highest BCUT2D eigenvalue weighted by Gasteiger charge is 2.26. The molecular formula is C23H27N3O5S. The third kappa shape index (κ3) is 5.99. The van der Waals surface area contributed by atoms with Crippen molar-refractivity contribution in [2.45, 2.75) is 37.0 Å². The van der Waals surface area contributed by atoms with E-state index >= 15 is 0 Å². The average molecular weight is 458 g/mol. The van der Waals surface area contributed by atoms with Gasteiger partial charge in [-0.15, -0.1) is 0 Å². The number of sulfonamides is 1. The molecule has 1 saturated heterocycles. The number of carbonyl (C=O) groups excluding carboxylic acids is 1. The summed E-state index contributed by atoms with van der Waals surface area (Å²) in [5.74, 6) is 0.397. The van der Waals surface area contributed by atoms with Gasteiger partial charge in [-0.3, -0.25) is 4.79 Å². The summed E-state index contributed by atoms with van der Waals surface area (Å²) >= 11 is 0. The van der Waals surface area contributed by atoms with Gasteiger partial charge in [0.15, 0.2) is 6.61 Å². The Morgan fingerprint density at radius 2 is 1.78 bits per heavy atom. The first-order valence-corrected chi connectivity index (χ1v) is 11.9. The summed E-state index contributed by atoms with van der Waals surface area (Å²) in [7, 11) is -2.21. The Hall–Kier alpha value is -3.09. The van der Waals surface area contributed by atoms with Crippen LogP contribution in [0.15, 0.2) is 47.4 Å². The molecule has 1 N–H and O–H groups in total. The Morgan fingerprint density at radius 1 is 1.09 bits per heavy atom. The molecule has 0 unspecified atom stereocenters. The van der Waals surface area contributed by atoms with Crippen LogP contribution in [-0.4, -0.2) is 45.4 Å². The van der Waals surface area contributed by atoms with E-state index in [1.54, 1.807) is 24.3 Å². The highest BCUT2D eigenvalue weighted by molar-refractivity contribution is 7.89. The van der Waals surface area contributed by atoms with Gasteiger partial charge in [0, 0.05) is 13.1 Å². The van der Waals surface area contributed by atoms with E-state index in [1.807, 2.05) is 0 Å². The smallest absolute Gasteiger partial charge is 0.262 e. The maximum atomic E-state index is 13.1. The van der Waals surface area contributed by atoms with Crippen LogP contribution >= 0.6 is 0 Å². The number of methoxy groups -OCH3 is 1. The molecule has 0 radical (unpaired) electrons. The molecule has 3 rings (SSSR count). The molecule has 0 aromatic heterocycles. The van der Waals surface area contributed by atoms with Gasteiger partial charge in [0.1, 0.15) is 11.5 Å². The van der Waals surface area contributed by atoms with E-state index in [-0.39, 0.29) is 17.2 Å². The van der Waals surface area contributed by atoms with Crippen molar-refractivity contribution in [3.8, 4) is 17.6 Å². The van der Waals surface area contributed by atoms with E-state index in [1.165, 1.54) is 29.6 Å². The largest absolute Gasteiger partial charge is 0.495 e. The summed E-state index contributed by atoms with van der Waals surface area (Å²) in [6.07, 6.45) is 4.03. The van der Waals surface area contributed by atoms with Crippen molar-refractivity contribution in [3.05, 3.63) is 48.0 Å². The number of amides is 1. The zero-order valence-corrected chi connectivity index (χ0v) is 18.9. The van der Waals surface area contributed by atoms with Crippen LogP contribution in [0.25, 0.3) is 0 Å². The number of carbonyl (C=O) groups is 1. The van der Waals surface area contributed by atoms with E-state index in [0.717, 1.165) is 31.2 Å². The second-order valence-corrected chi connectivity index (χ2v) is 9.43. The molecule has 0 bridgehead atoms. The first kappa shape index (κ1) is 23.6. The van der Waals surface area contributed by atoms with Crippen LogP contribution in [0.2, 0.25) is 0 Å². The predicted octanol–water partition coefficient (Wildman–Crippen LogP) is 3.34. The molecule has 2 aromatic rings. The summed E-state index contributed by atoms with van der Waals surface area (Å²) < 4.78 is 38.5. The van der Waals surface area contributed by atoms with E-state index < -0.39 is 15.9 Å². The van der Waals surface area contributed by atoms with Gasteiger partial charge < -0.3 is 14.8 Å². The summed E-state index contributed by atoms with van der Waals surface area (Å²) in [6.45, 7) is 0.734. The fraction of sp³-hybridized carbons (Fsp3) is 0.391. The number of nitrogens with one attached hydrogen (secondary N) is 1. The van der Waals surface area contributed by atoms with Gasteiger partial charge in [0.05, 0.1) is 30.2 Å². The predicted molar refractivity (Wildman–Crippen MR) is 120 cm³/mol. The average Bonchev–Trinajstić information content (AvgIpc) is 3.09. The molecule has 32 heavy (non-hydrogen) atoms. The van der Waals surface area contributed by atoms with Crippen molar-refractivity contribution in [1.82, 2.24) is 4.31 Å². The van der Waals surface area contributed by atoms with Gasteiger partial charge >= 0.3 is 0 Å². The number of hydrogen-bond acceptors (Lipinski definition) is 6. The summed E-state index contributed by atoms with van der Waals surface area (Å²) in [5.41, 5.74) is 1.12. The number of hydrogen-bond donors (Lipinski definition) is 1. The molecule has 1 heterocycles. The van der Waals surface area contributed by atoms with Crippen molar-refractivity contribution in [1.29, 1.82) is 5.26 Å². The van der Waals surface area contributed by atoms with E-state index in [2.05, 4.69) is 11.4 Å². The van der Waals surface area contributed by atoms with Crippen LogP contribution in [0.4, 0.5) is 5.69 Å². The topological polar surface area (TPSA) is 109 Å². The zero-order chi connectivity index (χ0) is 23.0. The van der Waals surface area contributed by atoms with Gasteiger partial charge in [-0.2, -0.15) is 9.57 Å². The molecule has 1 aliphatic heterocycles. The maximum absolute atomic E-state index is 13.1. The number of benzene rings is 2. The summed E-state index contributed by atoms with van der Waals surface area (Å²) in [5, 5.41) is 11.4. The van der Waals surface area contributed by atoms with Gasteiger partial charge in [-0.25, -0.2) is 8.42 Å². The Balaban J connectivity index is 1.69. The highest BCUT2D eigenvalue weighted by Crippen LogP contribution is 2.30. The minimum absolute atomic E-state index is 0.115. The fourth-order valence-corrected chi connectivity index (χ4v) is 5.05. The second-order valence-electron chi connectivity index (χ2n) is 7.50. The van der Waals surface area contributed by atoms with E-state index in [0.29, 0.717) is 31.0 Å². The zero-order valence-electron chi connectivity index (χ0n) is 18.0. The van der Waals surface area contributed by atoms with Gasteiger partial charge in [0.25, 0.3) is 5.91 Å². The standard InChI is InChI=1S/C23H27N3O5S/c1-30-22-11-10-20(32(28,29)26-14-4-2-3-5-15-26)16-21(22)25-23(27)17-31-19-8-6-18(7-9-19)12-13-24/h6-11,16H,2-5,12,14-15,17H2,1H3,(H,25,27). The van der Waals surface area contributed by atoms with Crippen LogP contribution in [0.3, 0.4) is 0 Å². The van der Waals surface area contributed by atoms with Crippen molar-refractivity contribution in [2.75, 3.05) is 32.1 Å². The summed E-state index contributed by atoms with van der Waals surface area (Å²) in [6, 6.07) is 13.4. The number of rotatable bonds is 8. The normalized spacial score (nSPS) is 14.8. The molecule has 8 nitrogen and oxygen atoms in total. The maximum Gasteiger partial charge on any atom is 0.262 e. The molecule has 1 fully saturated rings. The third-order valence-corrected chi connectivity index (χ3v) is 7.12. The first-order chi connectivity index (χ1) is 15.4. The number of ether oxygens (including phenoxy) is 2. The number of anilines is 1. The minimum atomic E-state index is -3.66. The van der Waals surface area contributed by atoms with Crippen LogP contribution in [-0.2, 0) is 21.2 Å². The monoisotopic (exact) mass is 457 g/mol. The van der Waals surface area contributed by atoms with Crippen molar-refractivity contribution in [2.24, 2.45) is 0 Å². The Morgan fingerprint density at radius 3 is 2.41 bits per heavy atom. The lowest BCUT2D eigenvalue weighted by Gasteiger charge is -2.21. The second kappa shape index (κ2) is 11.0. The van der Waals surface area contributed by atoms with Gasteiger partial charge in [0.2, 0.25) is 10.0 Å². The lowest BCUT2D eigenvalue weighted by Crippen LogP contribution is -2.32. The third-order valence-electron chi connectivity index (χ3n) is 5.22. The van der Waals surface area contributed by atoms with Crippen LogP contribution in [0.1, 0.15) is 31.2 Å². The fourth-order valence-electron chi connectivity index (χ4n) is 3.51. The quantitative estimate of drug-likeness (QED) is 0.651. The molecule has 1 amide bonds. The number of nitrogens with zero attached hydrogens (tertiary/aromatic N) is 2. The molecule has 1 aliphatic rings. The van der Waals surface area contributed by atoms with E-state index in [9.17, 15) is 13.2 Å². The van der Waals surface area contributed by atoms with Crippen molar-refractivity contribution in [3.63, 3.8) is 0 Å². The molecule has 9 heteroatoms. The molecule has 0 atom stereocenters. The lowest BCUT2D eigenvalue weighted by molar-refractivity contribution is -0.118. The lowest BCUT2D eigenvalue weighted by atomic mass is 10.2. The van der Waals surface area contributed by atoms with Crippen molar-refractivity contribution < 1.29 is 22.7 Å². The van der Waals surface area contributed by atoms with E-state index in [4.69, 9.17) is 14.7 Å². The first-order valence-electron chi connectivity index (χ1n) is 10.5. The molecule has 0 spiro atoms.